The van der Waals surface area contributed by atoms with Gasteiger partial charge in [-0.1, -0.05) is 6.92 Å². The molecule has 0 aromatic carbocycles. The largest absolute Gasteiger partial charge is 0.481 e. The molecule has 1 aromatic heterocycles. The van der Waals surface area contributed by atoms with Gasteiger partial charge in [0.25, 0.3) is 4.80 Å². The number of rotatable bonds is 3. The van der Waals surface area contributed by atoms with Gasteiger partial charge in [0.05, 0.1) is 11.6 Å². The van der Waals surface area contributed by atoms with Crippen LogP contribution in [0.3, 0.4) is 0 Å². The van der Waals surface area contributed by atoms with Crippen molar-refractivity contribution in [3.05, 3.63) is 16.8 Å². The predicted molar refractivity (Wildman–Crippen MR) is 44.7 cm³/mol. The maximum absolute atomic E-state index is 10.4. The van der Waals surface area contributed by atoms with E-state index in [2.05, 4.69) is 20.9 Å². The molecule has 0 amide bonds. The van der Waals surface area contributed by atoms with Crippen molar-refractivity contribution in [2.75, 3.05) is 0 Å². The zero-order valence-electron chi connectivity index (χ0n) is 6.45. The number of carboxylic acid groups (broad SMARTS) is 1. The number of oxazole rings is 1. The summed E-state index contributed by atoms with van der Waals surface area (Å²) in [6.07, 6.45) is 1.84. The highest BCUT2D eigenvalue weighted by molar-refractivity contribution is 9.10. The molecular weight excluding hydrogens is 226 g/mol. The Kier molecular flexibility index (Phi) is 2.86. The Morgan fingerprint density at radius 1 is 1.92 bits per heavy atom. The molecule has 0 aliphatic carbocycles. The lowest BCUT2D eigenvalue weighted by Gasteiger charge is -2.00. The van der Waals surface area contributed by atoms with E-state index in [0.29, 0.717) is 16.9 Å². The lowest BCUT2D eigenvalue weighted by atomic mass is 10.1. The summed E-state index contributed by atoms with van der Waals surface area (Å²) in [5.41, 5.74) is 0.650. The molecule has 0 bridgehead atoms. The van der Waals surface area contributed by atoms with Gasteiger partial charge in [-0.25, -0.2) is 4.98 Å². The van der Waals surface area contributed by atoms with Gasteiger partial charge in [-0.15, -0.1) is 0 Å². The third-order valence-corrected chi connectivity index (χ3v) is 1.82. The molecule has 1 heterocycles. The molecule has 1 atom stereocenters. The van der Waals surface area contributed by atoms with Crippen LogP contribution in [0, 0.1) is 5.92 Å². The maximum Gasteiger partial charge on any atom is 0.306 e. The topological polar surface area (TPSA) is 63.3 Å². The second-order valence-corrected chi connectivity index (χ2v) is 3.21. The molecule has 0 aliphatic rings. The van der Waals surface area contributed by atoms with E-state index in [-0.39, 0.29) is 0 Å². The van der Waals surface area contributed by atoms with Gasteiger partial charge in [-0.2, -0.15) is 0 Å². The Morgan fingerprint density at radius 2 is 2.58 bits per heavy atom. The molecule has 0 fully saturated rings. The van der Waals surface area contributed by atoms with Crippen LogP contribution in [0.25, 0.3) is 0 Å². The van der Waals surface area contributed by atoms with Gasteiger partial charge < -0.3 is 9.52 Å². The SMILES string of the molecule is CC(Cc1coc(Br)n1)C(=O)O. The Bertz CT molecular complexity index is 284. The predicted octanol–water partition coefficient (Wildman–Crippen LogP) is 1.70. The number of aliphatic carboxylic acids is 1. The third kappa shape index (κ3) is 2.34. The van der Waals surface area contributed by atoms with E-state index in [1.54, 1.807) is 6.92 Å². The zero-order valence-corrected chi connectivity index (χ0v) is 8.04. The number of carbonyl (C=O) groups is 1. The molecule has 5 heteroatoms. The Hall–Kier alpha value is -0.840. The fourth-order valence-corrected chi connectivity index (χ4v) is 1.10. The quantitative estimate of drug-likeness (QED) is 0.864. The Balaban J connectivity index is 2.58. The highest BCUT2D eigenvalue weighted by atomic mass is 79.9. The molecule has 4 nitrogen and oxygen atoms in total. The van der Waals surface area contributed by atoms with E-state index in [9.17, 15) is 4.79 Å². The van der Waals surface area contributed by atoms with Crippen LogP contribution in [-0.2, 0) is 11.2 Å². The summed E-state index contributed by atoms with van der Waals surface area (Å²) in [6, 6.07) is 0. The summed E-state index contributed by atoms with van der Waals surface area (Å²) in [7, 11) is 0. The van der Waals surface area contributed by atoms with Crippen LogP contribution in [0.15, 0.2) is 15.5 Å². The second kappa shape index (κ2) is 3.71. The second-order valence-electron chi connectivity index (χ2n) is 2.54. The molecule has 1 unspecified atom stereocenters. The van der Waals surface area contributed by atoms with Crippen LogP contribution in [0.5, 0.6) is 0 Å². The van der Waals surface area contributed by atoms with Crippen LogP contribution < -0.4 is 0 Å². The highest BCUT2D eigenvalue weighted by Crippen LogP contribution is 2.12. The van der Waals surface area contributed by atoms with Crippen molar-refractivity contribution in [1.29, 1.82) is 0 Å². The van der Waals surface area contributed by atoms with Crippen LogP contribution in [0.1, 0.15) is 12.6 Å². The number of carboxylic acids is 1. The summed E-state index contributed by atoms with van der Waals surface area (Å²) in [5.74, 6) is -1.25. The molecule has 12 heavy (non-hydrogen) atoms. The average molecular weight is 234 g/mol. The molecule has 1 aromatic rings. The first-order valence-corrected chi connectivity index (χ1v) is 4.21. The first-order chi connectivity index (χ1) is 5.59. The Morgan fingerprint density at radius 3 is 3.00 bits per heavy atom. The Labute approximate surface area is 77.7 Å². The van der Waals surface area contributed by atoms with Gasteiger partial charge in [-0.05, 0) is 0 Å². The lowest BCUT2D eigenvalue weighted by molar-refractivity contribution is -0.141. The monoisotopic (exact) mass is 233 g/mol. The number of aromatic nitrogens is 1. The minimum atomic E-state index is -0.825. The number of hydrogen-bond donors (Lipinski definition) is 1. The maximum atomic E-state index is 10.4. The van der Waals surface area contributed by atoms with E-state index in [0.717, 1.165) is 0 Å². The minimum absolute atomic E-state index is 0.384. The summed E-state index contributed by atoms with van der Waals surface area (Å²) in [6.45, 7) is 1.63. The van der Waals surface area contributed by atoms with Gasteiger partial charge in [0.15, 0.2) is 0 Å². The molecule has 66 valence electrons. The van der Waals surface area contributed by atoms with E-state index < -0.39 is 11.9 Å². The van der Waals surface area contributed by atoms with Crippen molar-refractivity contribution in [3.8, 4) is 0 Å². The molecule has 0 saturated heterocycles. The van der Waals surface area contributed by atoms with Gasteiger partial charge in [0, 0.05) is 22.4 Å². The van der Waals surface area contributed by atoms with Gasteiger partial charge in [-0.3, -0.25) is 4.79 Å². The average Bonchev–Trinajstić information content (AvgIpc) is 2.35. The van der Waals surface area contributed by atoms with Gasteiger partial charge >= 0.3 is 5.97 Å². The van der Waals surface area contributed by atoms with Crippen molar-refractivity contribution >= 4 is 21.9 Å². The van der Waals surface area contributed by atoms with Crippen LogP contribution in [0.4, 0.5) is 0 Å². The van der Waals surface area contributed by atoms with Crippen LogP contribution in [-0.4, -0.2) is 16.1 Å². The molecule has 1 N–H and O–H groups in total. The van der Waals surface area contributed by atoms with Crippen LogP contribution >= 0.6 is 15.9 Å². The highest BCUT2D eigenvalue weighted by Gasteiger charge is 2.13. The first kappa shape index (κ1) is 9.25. The summed E-state index contributed by atoms with van der Waals surface area (Å²) >= 11 is 3.03. The third-order valence-electron chi connectivity index (χ3n) is 1.46. The molecule has 0 spiro atoms. The van der Waals surface area contributed by atoms with E-state index in [4.69, 9.17) is 9.52 Å². The number of halogens is 1. The van der Waals surface area contributed by atoms with Crippen molar-refractivity contribution in [2.24, 2.45) is 5.92 Å². The van der Waals surface area contributed by atoms with Crippen molar-refractivity contribution < 1.29 is 14.3 Å². The normalized spacial score (nSPS) is 12.8. The smallest absolute Gasteiger partial charge is 0.306 e. The molecule has 1 rings (SSSR count). The summed E-state index contributed by atoms with van der Waals surface area (Å²) in [4.78, 5) is 14.7. The first-order valence-electron chi connectivity index (χ1n) is 3.42. The minimum Gasteiger partial charge on any atom is -0.481 e. The molecule has 0 radical (unpaired) electrons. The molecule has 0 saturated carbocycles. The van der Waals surface area contributed by atoms with Crippen LogP contribution in [0.2, 0.25) is 0 Å². The molecular formula is C7H8BrNO3. The van der Waals surface area contributed by atoms with Gasteiger partial charge in [0.1, 0.15) is 6.26 Å². The number of hydrogen-bond acceptors (Lipinski definition) is 3. The lowest BCUT2D eigenvalue weighted by Crippen LogP contribution is -2.12. The summed E-state index contributed by atoms with van der Waals surface area (Å²) in [5, 5.41) is 8.58. The summed E-state index contributed by atoms with van der Waals surface area (Å²) < 4.78 is 4.86. The van der Waals surface area contributed by atoms with Crippen molar-refractivity contribution in [2.45, 2.75) is 13.3 Å². The van der Waals surface area contributed by atoms with E-state index in [1.807, 2.05) is 0 Å². The van der Waals surface area contributed by atoms with Crippen molar-refractivity contribution in [1.82, 2.24) is 4.98 Å². The fraction of sp³-hybridized carbons (Fsp3) is 0.429. The van der Waals surface area contributed by atoms with Crippen molar-refractivity contribution in [3.63, 3.8) is 0 Å². The molecule has 0 aliphatic heterocycles. The standard InChI is InChI=1S/C7H8BrNO3/c1-4(6(10)11)2-5-3-12-7(8)9-5/h3-4H,2H2,1H3,(H,10,11). The zero-order chi connectivity index (χ0) is 9.14. The fourth-order valence-electron chi connectivity index (χ4n) is 0.777. The number of nitrogens with zero attached hydrogens (tertiary/aromatic N) is 1. The van der Waals surface area contributed by atoms with Gasteiger partial charge in [0.2, 0.25) is 0 Å². The van der Waals surface area contributed by atoms with E-state index in [1.165, 1.54) is 6.26 Å². The van der Waals surface area contributed by atoms with E-state index >= 15 is 0 Å².